The molecule has 3 bridgehead atoms. The van der Waals surface area contributed by atoms with E-state index in [1.54, 1.807) is 0 Å². The number of aliphatic hydroxyl groups excluding tert-OH is 1. The molecule has 0 aromatic rings. The molecule has 5 atom stereocenters. The second-order valence-electron chi connectivity index (χ2n) is 6.27. The van der Waals surface area contributed by atoms with Crippen molar-refractivity contribution in [1.29, 1.82) is 0 Å². The maximum Gasteiger partial charge on any atom is 0.0487 e. The van der Waals surface area contributed by atoms with Crippen LogP contribution in [0, 0.1) is 23.2 Å². The first-order chi connectivity index (χ1) is 7.26. The maximum absolute atomic E-state index is 9.66. The standard InChI is InChI=1S/C13H23NO/c1-14-12-3-2-9-4-10-6-13(5-9,8-15)7-11(10)12/h9-12,14-15H,2-8H2,1H3. The number of hydrogen-bond acceptors (Lipinski definition) is 2. The Bertz CT molecular complexity index is 255. The Balaban J connectivity index is 1.89. The van der Waals surface area contributed by atoms with Crippen molar-refractivity contribution < 1.29 is 5.11 Å². The van der Waals surface area contributed by atoms with Gasteiger partial charge in [0.1, 0.15) is 0 Å². The molecule has 86 valence electrons. The summed E-state index contributed by atoms with van der Waals surface area (Å²) in [5.74, 6) is 2.68. The molecule has 3 aliphatic rings. The monoisotopic (exact) mass is 209 g/mol. The molecule has 0 saturated heterocycles. The molecule has 0 radical (unpaired) electrons. The van der Waals surface area contributed by atoms with Crippen LogP contribution in [-0.4, -0.2) is 24.8 Å². The van der Waals surface area contributed by atoms with E-state index in [2.05, 4.69) is 12.4 Å². The highest BCUT2D eigenvalue weighted by atomic mass is 16.3. The summed E-state index contributed by atoms with van der Waals surface area (Å²) >= 11 is 0. The molecule has 15 heavy (non-hydrogen) atoms. The third-order valence-corrected chi connectivity index (χ3v) is 5.44. The number of aliphatic hydroxyl groups is 1. The molecule has 5 unspecified atom stereocenters. The summed E-state index contributed by atoms with van der Waals surface area (Å²) in [5.41, 5.74) is 0.327. The van der Waals surface area contributed by atoms with Crippen LogP contribution >= 0.6 is 0 Å². The molecule has 2 nitrogen and oxygen atoms in total. The number of hydrogen-bond donors (Lipinski definition) is 2. The predicted octanol–water partition coefficient (Wildman–Crippen LogP) is 1.78. The SMILES string of the molecule is CNC1CCC2CC3CC(CO)(C2)CC31. The lowest BCUT2D eigenvalue weighted by Gasteiger charge is -2.36. The van der Waals surface area contributed by atoms with Gasteiger partial charge in [0.15, 0.2) is 0 Å². The van der Waals surface area contributed by atoms with E-state index in [4.69, 9.17) is 0 Å². The van der Waals surface area contributed by atoms with Crippen LogP contribution in [0.3, 0.4) is 0 Å². The number of nitrogens with one attached hydrogen (secondary N) is 1. The van der Waals surface area contributed by atoms with Crippen molar-refractivity contribution in [2.24, 2.45) is 23.2 Å². The summed E-state index contributed by atoms with van der Waals surface area (Å²) in [4.78, 5) is 0. The van der Waals surface area contributed by atoms with E-state index in [0.717, 1.165) is 23.8 Å². The van der Waals surface area contributed by atoms with Gasteiger partial charge in [-0.1, -0.05) is 0 Å². The molecule has 0 aromatic carbocycles. The molecule has 3 fully saturated rings. The van der Waals surface area contributed by atoms with Gasteiger partial charge in [-0.2, -0.15) is 0 Å². The Morgan fingerprint density at radius 2 is 2.13 bits per heavy atom. The normalized spacial score (nSPS) is 53.2. The summed E-state index contributed by atoms with van der Waals surface area (Å²) in [5, 5.41) is 13.2. The topological polar surface area (TPSA) is 32.3 Å². The summed E-state index contributed by atoms with van der Waals surface area (Å²) in [6.45, 7) is 0.437. The van der Waals surface area contributed by atoms with Crippen molar-refractivity contribution >= 4 is 0 Å². The van der Waals surface area contributed by atoms with Gasteiger partial charge in [0.05, 0.1) is 0 Å². The lowest BCUT2D eigenvalue weighted by molar-refractivity contribution is 0.0660. The van der Waals surface area contributed by atoms with Crippen molar-refractivity contribution in [1.82, 2.24) is 5.32 Å². The molecule has 0 aromatic heterocycles. The highest BCUT2D eigenvalue weighted by molar-refractivity contribution is 5.04. The minimum absolute atomic E-state index is 0.327. The minimum atomic E-state index is 0.327. The fraction of sp³-hybridized carbons (Fsp3) is 1.00. The molecule has 3 saturated carbocycles. The zero-order valence-corrected chi connectivity index (χ0v) is 9.71. The highest BCUT2D eigenvalue weighted by Crippen LogP contribution is 2.59. The van der Waals surface area contributed by atoms with Crippen LogP contribution in [0.25, 0.3) is 0 Å². The number of fused-ring (bicyclic) bond motifs is 2. The van der Waals surface area contributed by atoms with Crippen molar-refractivity contribution in [3.8, 4) is 0 Å². The van der Waals surface area contributed by atoms with Crippen LogP contribution in [0.2, 0.25) is 0 Å². The van der Waals surface area contributed by atoms with Gasteiger partial charge in [-0.25, -0.2) is 0 Å². The summed E-state index contributed by atoms with van der Waals surface area (Å²) in [6, 6.07) is 0.730. The van der Waals surface area contributed by atoms with Crippen LogP contribution in [0.4, 0.5) is 0 Å². The Morgan fingerprint density at radius 3 is 2.87 bits per heavy atom. The van der Waals surface area contributed by atoms with Crippen LogP contribution in [0.5, 0.6) is 0 Å². The zero-order valence-electron chi connectivity index (χ0n) is 9.71. The van der Waals surface area contributed by atoms with E-state index in [1.165, 1.54) is 38.5 Å². The third-order valence-electron chi connectivity index (χ3n) is 5.44. The smallest absolute Gasteiger partial charge is 0.0487 e. The molecule has 0 amide bonds. The first-order valence-electron chi connectivity index (χ1n) is 6.54. The van der Waals surface area contributed by atoms with Crippen molar-refractivity contribution in [3.63, 3.8) is 0 Å². The Kier molecular flexibility index (Phi) is 2.33. The summed E-state index contributed by atoms with van der Waals surface area (Å²) in [6.07, 6.45) is 8.11. The molecule has 0 spiro atoms. The summed E-state index contributed by atoms with van der Waals surface area (Å²) in [7, 11) is 2.11. The maximum atomic E-state index is 9.66. The van der Waals surface area contributed by atoms with Crippen LogP contribution in [-0.2, 0) is 0 Å². The van der Waals surface area contributed by atoms with Crippen LogP contribution < -0.4 is 5.32 Å². The van der Waals surface area contributed by atoms with Crippen LogP contribution in [0.15, 0.2) is 0 Å². The minimum Gasteiger partial charge on any atom is -0.396 e. The molecule has 0 aliphatic heterocycles. The van der Waals surface area contributed by atoms with Crippen molar-refractivity contribution in [2.45, 2.75) is 44.6 Å². The lowest BCUT2D eigenvalue weighted by atomic mass is 9.70. The highest BCUT2D eigenvalue weighted by Gasteiger charge is 2.53. The molecule has 2 N–H and O–H groups in total. The van der Waals surface area contributed by atoms with E-state index < -0.39 is 0 Å². The van der Waals surface area contributed by atoms with E-state index in [9.17, 15) is 5.11 Å². The molecule has 3 rings (SSSR count). The zero-order chi connectivity index (χ0) is 10.5. The fourth-order valence-corrected chi connectivity index (χ4v) is 4.88. The first-order valence-corrected chi connectivity index (χ1v) is 6.54. The Hall–Kier alpha value is -0.0800. The van der Waals surface area contributed by atoms with Gasteiger partial charge >= 0.3 is 0 Å². The van der Waals surface area contributed by atoms with Gasteiger partial charge in [-0.05, 0) is 68.7 Å². The van der Waals surface area contributed by atoms with Gasteiger partial charge in [0, 0.05) is 12.6 Å². The molecular weight excluding hydrogens is 186 g/mol. The number of rotatable bonds is 2. The second kappa shape index (κ2) is 3.46. The van der Waals surface area contributed by atoms with Gasteiger partial charge in [0.25, 0.3) is 0 Å². The van der Waals surface area contributed by atoms with Crippen molar-refractivity contribution in [2.75, 3.05) is 13.7 Å². The molecule has 0 heterocycles. The molecule has 3 aliphatic carbocycles. The van der Waals surface area contributed by atoms with Gasteiger partial charge in [0.2, 0.25) is 0 Å². The van der Waals surface area contributed by atoms with E-state index in [0.29, 0.717) is 12.0 Å². The fourth-order valence-electron chi connectivity index (χ4n) is 4.88. The molecular formula is C13H23NO. The Morgan fingerprint density at radius 1 is 1.27 bits per heavy atom. The summed E-state index contributed by atoms with van der Waals surface area (Å²) < 4.78 is 0. The van der Waals surface area contributed by atoms with E-state index in [-0.39, 0.29) is 0 Å². The average molecular weight is 209 g/mol. The van der Waals surface area contributed by atoms with Gasteiger partial charge < -0.3 is 10.4 Å². The first kappa shape index (κ1) is 10.1. The molecule has 2 heteroatoms. The Labute approximate surface area is 92.4 Å². The third kappa shape index (κ3) is 1.45. The van der Waals surface area contributed by atoms with E-state index >= 15 is 0 Å². The largest absolute Gasteiger partial charge is 0.396 e. The second-order valence-corrected chi connectivity index (χ2v) is 6.27. The average Bonchev–Trinajstić information content (AvgIpc) is 2.45. The van der Waals surface area contributed by atoms with Crippen molar-refractivity contribution in [3.05, 3.63) is 0 Å². The van der Waals surface area contributed by atoms with Gasteiger partial charge in [-0.15, -0.1) is 0 Å². The van der Waals surface area contributed by atoms with E-state index in [1.807, 2.05) is 0 Å². The lowest BCUT2D eigenvalue weighted by Crippen LogP contribution is -2.35. The quantitative estimate of drug-likeness (QED) is 0.726. The van der Waals surface area contributed by atoms with Crippen LogP contribution in [0.1, 0.15) is 38.5 Å². The van der Waals surface area contributed by atoms with Gasteiger partial charge in [-0.3, -0.25) is 0 Å². The predicted molar refractivity (Wildman–Crippen MR) is 60.5 cm³/mol.